The zero-order chi connectivity index (χ0) is 21.3. The molecule has 4 aromatic rings. The van der Waals surface area contributed by atoms with Crippen LogP contribution in [-0.2, 0) is 18.3 Å². The van der Waals surface area contributed by atoms with Crippen molar-refractivity contribution in [2.24, 2.45) is 7.05 Å². The minimum atomic E-state index is -1.31. The molecular formula is C25H24N2O3. The van der Waals surface area contributed by atoms with Crippen LogP contribution in [0, 0.1) is 0 Å². The molecule has 2 aromatic carbocycles. The highest BCUT2D eigenvalue weighted by atomic mass is 16.5. The summed E-state index contributed by atoms with van der Waals surface area (Å²) in [5, 5.41) is 10.4. The number of pyridine rings is 1. The van der Waals surface area contributed by atoms with Crippen molar-refractivity contribution < 1.29 is 14.6 Å². The lowest BCUT2D eigenvalue weighted by Crippen LogP contribution is -2.37. The molecule has 0 unspecified atom stereocenters. The minimum Gasteiger partial charge on any atom is -0.478 e. The summed E-state index contributed by atoms with van der Waals surface area (Å²) < 4.78 is 8.01. The first-order valence-corrected chi connectivity index (χ1v) is 9.85. The van der Waals surface area contributed by atoms with Crippen molar-refractivity contribution in [2.45, 2.75) is 25.9 Å². The maximum absolute atomic E-state index is 11.5. The number of benzene rings is 2. The van der Waals surface area contributed by atoms with Crippen LogP contribution in [-0.4, -0.2) is 26.2 Å². The van der Waals surface area contributed by atoms with Gasteiger partial charge in [0.15, 0.2) is 5.60 Å². The van der Waals surface area contributed by atoms with Crippen LogP contribution < -0.4 is 4.74 Å². The summed E-state index contributed by atoms with van der Waals surface area (Å²) in [5.41, 5.74) is 4.33. The predicted molar refractivity (Wildman–Crippen MR) is 118 cm³/mol. The predicted octanol–water partition coefficient (Wildman–Crippen LogP) is 5.07. The Kier molecular flexibility index (Phi) is 5.04. The number of hydrogen-bond donors (Lipinski definition) is 1. The third-order valence-corrected chi connectivity index (χ3v) is 5.36. The molecular weight excluding hydrogens is 376 g/mol. The first-order chi connectivity index (χ1) is 14.4. The number of carbonyl (C=O) groups is 1. The maximum atomic E-state index is 11.5. The van der Waals surface area contributed by atoms with Crippen LogP contribution in [0.1, 0.15) is 25.1 Å². The molecule has 5 nitrogen and oxygen atoms in total. The fraction of sp³-hybridized carbons (Fsp3) is 0.200. The molecule has 4 rings (SSSR count). The Morgan fingerprint density at radius 2 is 1.77 bits per heavy atom. The van der Waals surface area contributed by atoms with Crippen molar-refractivity contribution in [1.29, 1.82) is 0 Å². The number of aryl methyl sites for hydroxylation is 1. The van der Waals surface area contributed by atoms with Crippen molar-refractivity contribution in [2.75, 3.05) is 0 Å². The molecule has 0 aliphatic heterocycles. The fourth-order valence-electron chi connectivity index (χ4n) is 3.72. The van der Waals surface area contributed by atoms with Gasteiger partial charge in [-0.2, -0.15) is 0 Å². The van der Waals surface area contributed by atoms with Gasteiger partial charge in [-0.3, -0.25) is 4.98 Å². The van der Waals surface area contributed by atoms with Crippen LogP contribution in [0.2, 0.25) is 0 Å². The van der Waals surface area contributed by atoms with Crippen molar-refractivity contribution in [3.8, 4) is 16.9 Å². The Labute approximate surface area is 175 Å². The summed E-state index contributed by atoms with van der Waals surface area (Å²) in [4.78, 5) is 15.7. The van der Waals surface area contributed by atoms with Gasteiger partial charge < -0.3 is 14.4 Å². The zero-order valence-corrected chi connectivity index (χ0v) is 17.3. The molecule has 0 saturated carbocycles. The second-order valence-electron chi connectivity index (χ2n) is 7.88. The molecule has 0 fully saturated rings. The number of aliphatic carboxylic acids is 1. The van der Waals surface area contributed by atoms with E-state index in [9.17, 15) is 9.90 Å². The van der Waals surface area contributed by atoms with E-state index in [0.717, 1.165) is 28.5 Å². The van der Waals surface area contributed by atoms with E-state index < -0.39 is 11.6 Å². The first-order valence-electron chi connectivity index (χ1n) is 9.85. The number of rotatable bonds is 6. The van der Waals surface area contributed by atoms with E-state index in [-0.39, 0.29) is 0 Å². The van der Waals surface area contributed by atoms with Crippen LogP contribution in [0.3, 0.4) is 0 Å². The van der Waals surface area contributed by atoms with Gasteiger partial charge in [0.2, 0.25) is 0 Å². The number of hydrogen-bond acceptors (Lipinski definition) is 3. The molecule has 0 aliphatic rings. The van der Waals surface area contributed by atoms with E-state index in [1.807, 2.05) is 48.5 Å². The average Bonchev–Trinajstić information content (AvgIpc) is 3.00. The maximum Gasteiger partial charge on any atom is 0.347 e. The smallest absolute Gasteiger partial charge is 0.347 e. The Morgan fingerprint density at radius 3 is 2.43 bits per heavy atom. The minimum absolute atomic E-state index is 0.530. The molecule has 0 atom stereocenters. The molecule has 2 aromatic heterocycles. The monoisotopic (exact) mass is 400 g/mol. The first kappa shape index (κ1) is 19.7. The van der Waals surface area contributed by atoms with Crippen molar-refractivity contribution in [3.05, 3.63) is 84.3 Å². The number of carboxylic acid groups (broad SMARTS) is 1. The van der Waals surface area contributed by atoms with E-state index in [2.05, 4.69) is 28.7 Å². The molecule has 1 N–H and O–H groups in total. The summed E-state index contributed by atoms with van der Waals surface area (Å²) >= 11 is 0. The summed E-state index contributed by atoms with van der Waals surface area (Å²) in [5.74, 6) is -0.475. The second kappa shape index (κ2) is 7.67. The lowest BCUT2D eigenvalue weighted by molar-refractivity contribution is -0.152. The molecule has 30 heavy (non-hydrogen) atoms. The van der Waals surface area contributed by atoms with Crippen molar-refractivity contribution in [1.82, 2.24) is 9.55 Å². The van der Waals surface area contributed by atoms with Crippen LogP contribution in [0.4, 0.5) is 0 Å². The largest absolute Gasteiger partial charge is 0.478 e. The average molecular weight is 400 g/mol. The van der Waals surface area contributed by atoms with Gasteiger partial charge in [0.1, 0.15) is 5.75 Å². The summed E-state index contributed by atoms with van der Waals surface area (Å²) in [6.45, 7) is 3.10. The van der Waals surface area contributed by atoms with Gasteiger partial charge in [-0.15, -0.1) is 0 Å². The molecule has 0 aliphatic carbocycles. The van der Waals surface area contributed by atoms with Gasteiger partial charge in [-0.1, -0.05) is 30.3 Å². The third-order valence-electron chi connectivity index (χ3n) is 5.36. The molecule has 0 radical (unpaired) electrons. The number of fused-ring (bicyclic) bond motifs is 1. The van der Waals surface area contributed by atoms with E-state index in [1.165, 1.54) is 11.3 Å². The van der Waals surface area contributed by atoms with Crippen LogP contribution in [0.5, 0.6) is 5.75 Å². The van der Waals surface area contributed by atoms with Crippen molar-refractivity contribution in [3.63, 3.8) is 0 Å². The number of ether oxygens (including phenoxy) is 1. The van der Waals surface area contributed by atoms with E-state index in [4.69, 9.17) is 4.74 Å². The number of aromatic nitrogens is 2. The van der Waals surface area contributed by atoms with Crippen molar-refractivity contribution >= 4 is 16.9 Å². The van der Waals surface area contributed by atoms with Gasteiger partial charge in [-0.25, -0.2) is 4.79 Å². The van der Waals surface area contributed by atoms with Crippen LogP contribution >= 0.6 is 0 Å². The highest BCUT2D eigenvalue weighted by Gasteiger charge is 2.29. The molecule has 0 saturated heterocycles. The van der Waals surface area contributed by atoms with E-state index >= 15 is 0 Å². The van der Waals surface area contributed by atoms with Gasteiger partial charge in [0, 0.05) is 48.0 Å². The topological polar surface area (TPSA) is 64.4 Å². The SMILES string of the molecule is Cn1c(Cc2ccccc2)c(-c2ccncc2)c2cc(OC(C)(C)C(=O)O)ccc21. The Hall–Kier alpha value is -3.60. The highest BCUT2D eigenvalue weighted by molar-refractivity contribution is 5.99. The lowest BCUT2D eigenvalue weighted by atomic mass is 9.99. The quantitative estimate of drug-likeness (QED) is 0.491. The standard InChI is InChI=1S/C25H24N2O3/c1-25(2,24(28)29)30-19-9-10-21-20(16-19)23(18-11-13-26-14-12-18)22(27(21)3)15-17-7-5-4-6-8-17/h4-14,16H,15H2,1-3H3,(H,28,29). The van der Waals surface area contributed by atoms with Crippen LogP contribution in [0.15, 0.2) is 73.1 Å². The number of nitrogens with zero attached hydrogens (tertiary/aromatic N) is 2. The van der Waals surface area contributed by atoms with Gasteiger partial charge in [0.25, 0.3) is 0 Å². The van der Waals surface area contributed by atoms with E-state index in [1.54, 1.807) is 26.2 Å². The molecule has 0 bridgehead atoms. The molecule has 5 heteroatoms. The normalized spacial score (nSPS) is 11.6. The zero-order valence-electron chi connectivity index (χ0n) is 17.3. The van der Waals surface area contributed by atoms with Gasteiger partial charge in [-0.05, 0) is 55.3 Å². The Bertz CT molecular complexity index is 1200. The Balaban J connectivity index is 1.90. The molecule has 2 heterocycles. The van der Waals surface area contributed by atoms with E-state index in [0.29, 0.717) is 5.75 Å². The molecule has 0 spiro atoms. The third kappa shape index (κ3) is 3.66. The Morgan fingerprint density at radius 1 is 1.07 bits per heavy atom. The molecule has 0 amide bonds. The summed E-state index contributed by atoms with van der Waals surface area (Å²) in [6, 6.07) is 20.1. The fourth-order valence-corrected chi connectivity index (χ4v) is 3.72. The van der Waals surface area contributed by atoms with Gasteiger partial charge in [0.05, 0.1) is 0 Å². The summed E-state index contributed by atoms with van der Waals surface area (Å²) in [7, 11) is 2.06. The second-order valence-corrected chi connectivity index (χ2v) is 7.88. The van der Waals surface area contributed by atoms with Crippen LogP contribution in [0.25, 0.3) is 22.0 Å². The lowest BCUT2D eigenvalue weighted by Gasteiger charge is -2.21. The van der Waals surface area contributed by atoms with Gasteiger partial charge >= 0.3 is 5.97 Å². The molecule has 152 valence electrons. The number of carboxylic acids is 1. The highest BCUT2D eigenvalue weighted by Crippen LogP contribution is 2.38. The summed E-state index contributed by atoms with van der Waals surface area (Å²) in [6.07, 6.45) is 4.35.